The minimum atomic E-state index is -0.463. The number of carbonyl (C=O) groups excluding carboxylic acids is 1. The predicted molar refractivity (Wildman–Crippen MR) is 81.9 cm³/mol. The molecule has 5 nitrogen and oxygen atoms in total. The van der Waals surface area contributed by atoms with Crippen LogP contribution < -0.4 is 10.4 Å². The first-order valence-corrected chi connectivity index (χ1v) is 6.75. The Hall–Kier alpha value is -2.95. The molecule has 0 bridgehead atoms. The second kappa shape index (κ2) is 5.81. The molecule has 0 saturated heterocycles. The number of pyridine rings is 1. The molecule has 110 valence electrons. The average Bonchev–Trinajstić information content (AvgIpc) is 2.53. The molecule has 0 aliphatic carbocycles. The van der Waals surface area contributed by atoms with E-state index in [1.165, 1.54) is 6.92 Å². The largest absolute Gasteiger partial charge is 0.486 e. The zero-order valence-electron chi connectivity index (χ0n) is 11.9. The van der Waals surface area contributed by atoms with Crippen LogP contribution in [-0.2, 0) is 4.79 Å². The number of carbonyl (C=O) groups is 1. The molecule has 2 heterocycles. The number of ether oxygens (including phenoxy) is 1. The van der Waals surface area contributed by atoms with Crippen molar-refractivity contribution in [3.8, 4) is 17.0 Å². The van der Waals surface area contributed by atoms with E-state index >= 15 is 0 Å². The summed E-state index contributed by atoms with van der Waals surface area (Å²) in [4.78, 5) is 27.2. The molecular formula is C17H13NO4. The maximum Gasteiger partial charge on any atom is 0.345 e. The van der Waals surface area contributed by atoms with Crippen LogP contribution in [0.4, 0.5) is 0 Å². The van der Waals surface area contributed by atoms with E-state index in [1.54, 1.807) is 42.6 Å². The van der Waals surface area contributed by atoms with Gasteiger partial charge in [-0.1, -0.05) is 6.07 Å². The third kappa shape index (κ3) is 2.88. The van der Waals surface area contributed by atoms with Gasteiger partial charge in [0, 0.05) is 17.6 Å². The molecule has 3 aromatic rings. The number of Topliss-reactive ketones (excluding diaryl/α,β-unsaturated/α-hetero) is 1. The quantitative estimate of drug-likeness (QED) is 0.692. The van der Waals surface area contributed by atoms with Crippen molar-refractivity contribution >= 4 is 16.8 Å². The van der Waals surface area contributed by atoms with Crippen LogP contribution in [0.2, 0.25) is 0 Å². The first kappa shape index (κ1) is 14.0. The van der Waals surface area contributed by atoms with Crippen LogP contribution in [0.5, 0.6) is 5.75 Å². The summed E-state index contributed by atoms with van der Waals surface area (Å²) in [5.41, 5.74) is 0.918. The van der Waals surface area contributed by atoms with Crippen molar-refractivity contribution in [2.24, 2.45) is 0 Å². The third-order valence-electron chi connectivity index (χ3n) is 3.09. The molecule has 3 rings (SSSR count). The molecular weight excluding hydrogens is 282 g/mol. The molecule has 22 heavy (non-hydrogen) atoms. The van der Waals surface area contributed by atoms with Gasteiger partial charge in [-0.05, 0) is 37.3 Å². The van der Waals surface area contributed by atoms with Gasteiger partial charge in [0.1, 0.15) is 17.9 Å². The van der Waals surface area contributed by atoms with Crippen molar-refractivity contribution in [1.82, 2.24) is 4.98 Å². The summed E-state index contributed by atoms with van der Waals surface area (Å²) in [5.74, 6) is 0.406. The lowest BCUT2D eigenvalue weighted by Gasteiger charge is -2.06. The zero-order chi connectivity index (χ0) is 15.5. The van der Waals surface area contributed by atoms with Crippen LogP contribution in [0.25, 0.3) is 22.2 Å². The van der Waals surface area contributed by atoms with Gasteiger partial charge in [-0.2, -0.15) is 0 Å². The molecule has 0 aliphatic heterocycles. The number of ketones is 1. The summed E-state index contributed by atoms with van der Waals surface area (Å²) >= 11 is 0. The Labute approximate surface area is 126 Å². The highest BCUT2D eigenvalue weighted by Gasteiger charge is 2.09. The minimum Gasteiger partial charge on any atom is -0.486 e. The number of hydrogen-bond acceptors (Lipinski definition) is 5. The number of fused-ring (bicyclic) bond motifs is 1. The van der Waals surface area contributed by atoms with Crippen molar-refractivity contribution in [1.29, 1.82) is 0 Å². The van der Waals surface area contributed by atoms with Crippen LogP contribution in [0, 0.1) is 0 Å². The van der Waals surface area contributed by atoms with Gasteiger partial charge in [0.25, 0.3) is 0 Å². The van der Waals surface area contributed by atoms with E-state index in [2.05, 4.69) is 4.98 Å². The number of hydrogen-bond donors (Lipinski definition) is 0. The van der Waals surface area contributed by atoms with Crippen molar-refractivity contribution in [3.63, 3.8) is 0 Å². The van der Waals surface area contributed by atoms with Crippen molar-refractivity contribution in [3.05, 3.63) is 59.1 Å². The highest BCUT2D eigenvalue weighted by atomic mass is 16.5. The molecule has 0 N–H and O–H groups in total. The number of aromatic nitrogens is 1. The minimum absolute atomic E-state index is 0.0121. The topological polar surface area (TPSA) is 69.4 Å². The fraction of sp³-hybridized carbons (Fsp3) is 0.118. The fourth-order valence-corrected chi connectivity index (χ4v) is 2.07. The monoisotopic (exact) mass is 295 g/mol. The van der Waals surface area contributed by atoms with E-state index in [4.69, 9.17) is 9.15 Å². The molecule has 5 heteroatoms. The summed E-state index contributed by atoms with van der Waals surface area (Å²) < 4.78 is 10.6. The molecule has 2 aromatic heterocycles. The molecule has 0 spiro atoms. The van der Waals surface area contributed by atoms with Gasteiger partial charge in [0.05, 0.1) is 11.3 Å². The maximum atomic E-state index is 12.1. The van der Waals surface area contributed by atoms with E-state index in [9.17, 15) is 9.59 Å². The van der Waals surface area contributed by atoms with Gasteiger partial charge >= 0.3 is 5.63 Å². The SMILES string of the molecule is CC(=O)COc1ccc2cc(-c3ccccn3)c(=O)oc2c1. The van der Waals surface area contributed by atoms with Crippen LogP contribution in [0.15, 0.2) is 57.9 Å². The summed E-state index contributed by atoms with van der Waals surface area (Å²) in [5, 5.41) is 0.760. The normalized spacial score (nSPS) is 10.6. The maximum absolute atomic E-state index is 12.1. The number of nitrogens with zero attached hydrogens (tertiary/aromatic N) is 1. The number of rotatable bonds is 4. The molecule has 0 aliphatic rings. The van der Waals surface area contributed by atoms with Gasteiger partial charge in [-0.25, -0.2) is 4.79 Å². The van der Waals surface area contributed by atoms with Crippen molar-refractivity contribution in [2.45, 2.75) is 6.92 Å². The van der Waals surface area contributed by atoms with Crippen molar-refractivity contribution < 1.29 is 13.9 Å². The van der Waals surface area contributed by atoms with Crippen LogP contribution in [-0.4, -0.2) is 17.4 Å². The lowest BCUT2D eigenvalue weighted by Crippen LogP contribution is -2.07. The average molecular weight is 295 g/mol. The Morgan fingerprint density at radius 1 is 1.23 bits per heavy atom. The van der Waals surface area contributed by atoms with Gasteiger partial charge in [-0.3, -0.25) is 9.78 Å². The Kier molecular flexibility index (Phi) is 3.70. The Morgan fingerprint density at radius 2 is 2.09 bits per heavy atom. The first-order chi connectivity index (χ1) is 10.6. The molecule has 0 fully saturated rings. The van der Waals surface area contributed by atoms with E-state index in [-0.39, 0.29) is 12.4 Å². The highest BCUT2D eigenvalue weighted by molar-refractivity contribution is 5.82. The molecule has 0 amide bonds. The molecule has 0 radical (unpaired) electrons. The summed E-state index contributed by atoms with van der Waals surface area (Å²) in [7, 11) is 0. The summed E-state index contributed by atoms with van der Waals surface area (Å²) in [6.07, 6.45) is 1.62. The fourth-order valence-electron chi connectivity index (χ4n) is 2.07. The lowest BCUT2D eigenvalue weighted by atomic mass is 10.1. The van der Waals surface area contributed by atoms with Gasteiger partial charge in [-0.15, -0.1) is 0 Å². The van der Waals surface area contributed by atoms with Crippen LogP contribution >= 0.6 is 0 Å². The third-order valence-corrected chi connectivity index (χ3v) is 3.09. The number of benzene rings is 1. The molecule has 0 unspecified atom stereocenters. The smallest absolute Gasteiger partial charge is 0.345 e. The summed E-state index contributed by atoms with van der Waals surface area (Å²) in [6, 6.07) is 12.2. The Bertz CT molecular complexity index is 884. The lowest BCUT2D eigenvalue weighted by molar-refractivity contribution is -0.118. The van der Waals surface area contributed by atoms with E-state index in [0.29, 0.717) is 22.6 Å². The Balaban J connectivity index is 2.03. The molecule has 1 aromatic carbocycles. The van der Waals surface area contributed by atoms with Crippen LogP contribution in [0.1, 0.15) is 6.92 Å². The van der Waals surface area contributed by atoms with E-state index < -0.39 is 5.63 Å². The van der Waals surface area contributed by atoms with E-state index in [1.807, 2.05) is 6.07 Å². The standard InChI is InChI=1S/C17H13NO4/c1-11(19)10-21-13-6-5-12-8-14(15-4-2-3-7-18-15)17(20)22-16(12)9-13/h2-9H,10H2,1H3. The molecule has 0 atom stereocenters. The second-order valence-electron chi connectivity index (χ2n) is 4.85. The van der Waals surface area contributed by atoms with Crippen LogP contribution in [0.3, 0.4) is 0 Å². The summed E-state index contributed by atoms with van der Waals surface area (Å²) in [6.45, 7) is 1.43. The Morgan fingerprint density at radius 3 is 2.82 bits per heavy atom. The van der Waals surface area contributed by atoms with Gasteiger partial charge < -0.3 is 9.15 Å². The van der Waals surface area contributed by atoms with Gasteiger partial charge in [0.2, 0.25) is 0 Å². The zero-order valence-corrected chi connectivity index (χ0v) is 11.9. The second-order valence-corrected chi connectivity index (χ2v) is 4.85. The highest BCUT2D eigenvalue weighted by Crippen LogP contribution is 2.23. The van der Waals surface area contributed by atoms with Gasteiger partial charge in [0.15, 0.2) is 5.78 Å². The molecule has 0 saturated carbocycles. The first-order valence-electron chi connectivity index (χ1n) is 6.75. The van der Waals surface area contributed by atoms with E-state index in [0.717, 1.165) is 5.39 Å². The van der Waals surface area contributed by atoms with Crippen molar-refractivity contribution in [2.75, 3.05) is 6.61 Å². The predicted octanol–water partition coefficient (Wildman–Crippen LogP) is 2.82.